The Morgan fingerprint density at radius 3 is 2.23 bits per heavy atom. The Balaban J connectivity index is 1.58. The Bertz CT molecular complexity index is 910. The van der Waals surface area contributed by atoms with Gasteiger partial charge in [-0.15, -0.1) is 0 Å². The van der Waals surface area contributed by atoms with Crippen molar-refractivity contribution in [3.63, 3.8) is 0 Å². The number of hydrazone groups is 2. The van der Waals surface area contributed by atoms with Crippen LogP contribution in [-0.4, -0.2) is 28.3 Å². The van der Waals surface area contributed by atoms with Crippen LogP contribution in [0.25, 0.3) is 0 Å². The number of aromatic nitrogens is 2. The van der Waals surface area contributed by atoms with Crippen LogP contribution in [0.4, 0.5) is 5.69 Å². The Labute approximate surface area is 150 Å². The number of carbonyl (C=O) groups excluding carboxylic acids is 1. The lowest BCUT2D eigenvalue weighted by atomic mass is 10.2. The number of rotatable bonds is 6. The van der Waals surface area contributed by atoms with Crippen molar-refractivity contribution in [3.05, 3.63) is 90.0 Å². The summed E-state index contributed by atoms with van der Waals surface area (Å²) in [5, 5.41) is 8.06. The molecular formula is C19H16N6O. The standard InChI is InChI=1S/C19H16N6O/c26-19(25-23-14-16-5-3-9-21-12-16)17-6-1-7-18(10-17)24-22-13-15-4-2-8-20-11-15/h1-14,24H,(H,25,26)/b22-13+,23-14+. The molecule has 0 unspecified atom stereocenters. The molecule has 7 nitrogen and oxygen atoms in total. The summed E-state index contributed by atoms with van der Waals surface area (Å²) in [6.07, 6.45) is 9.91. The van der Waals surface area contributed by atoms with Gasteiger partial charge in [0.15, 0.2) is 0 Å². The van der Waals surface area contributed by atoms with E-state index in [9.17, 15) is 4.79 Å². The Hall–Kier alpha value is -3.87. The largest absolute Gasteiger partial charge is 0.278 e. The fraction of sp³-hybridized carbons (Fsp3) is 0. The fourth-order valence-corrected chi connectivity index (χ4v) is 2.05. The average Bonchev–Trinajstić information content (AvgIpc) is 2.70. The molecule has 0 fully saturated rings. The van der Waals surface area contributed by atoms with Gasteiger partial charge in [-0.05, 0) is 30.3 Å². The van der Waals surface area contributed by atoms with Crippen molar-refractivity contribution in [2.24, 2.45) is 10.2 Å². The minimum atomic E-state index is -0.315. The summed E-state index contributed by atoms with van der Waals surface area (Å²) in [6, 6.07) is 14.3. The molecule has 0 atom stereocenters. The van der Waals surface area contributed by atoms with Crippen LogP contribution >= 0.6 is 0 Å². The summed E-state index contributed by atoms with van der Waals surface area (Å²) in [5.74, 6) is -0.315. The molecule has 0 aliphatic heterocycles. The number of nitrogens with one attached hydrogen (secondary N) is 2. The Morgan fingerprint density at radius 2 is 1.58 bits per heavy atom. The van der Waals surface area contributed by atoms with E-state index in [-0.39, 0.29) is 5.91 Å². The minimum Gasteiger partial charge on any atom is -0.278 e. The second-order valence-corrected chi connectivity index (χ2v) is 5.22. The van der Waals surface area contributed by atoms with Gasteiger partial charge < -0.3 is 0 Å². The van der Waals surface area contributed by atoms with Crippen molar-refractivity contribution in [1.29, 1.82) is 0 Å². The van der Waals surface area contributed by atoms with Gasteiger partial charge in [0.1, 0.15) is 0 Å². The predicted molar refractivity (Wildman–Crippen MR) is 101 cm³/mol. The summed E-state index contributed by atoms with van der Waals surface area (Å²) < 4.78 is 0. The summed E-state index contributed by atoms with van der Waals surface area (Å²) in [7, 11) is 0. The van der Waals surface area contributed by atoms with Gasteiger partial charge in [0.25, 0.3) is 5.91 Å². The average molecular weight is 344 g/mol. The molecule has 2 aromatic heterocycles. The molecule has 1 aromatic carbocycles. The second-order valence-electron chi connectivity index (χ2n) is 5.22. The normalized spacial score (nSPS) is 10.9. The smallest absolute Gasteiger partial charge is 0.271 e. The molecule has 0 aliphatic rings. The van der Waals surface area contributed by atoms with Crippen LogP contribution in [0.1, 0.15) is 21.5 Å². The van der Waals surface area contributed by atoms with Crippen LogP contribution in [0, 0.1) is 0 Å². The molecular weight excluding hydrogens is 328 g/mol. The molecule has 0 saturated heterocycles. The number of anilines is 1. The molecule has 0 saturated carbocycles. The molecule has 2 heterocycles. The van der Waals surface area contributed by atoms with E-state index < -0.39 is 0 Å². The minimum absolute atomic E-state index is 0.315. The van der Waals surface area contributed by atoms with Crippen molar-refractivity contribution < 1.29 is 4.79 Å². The van der Waals surface area contributed by atoms with E-state index in [1.807, 2.05) is 24.3 Å². The van der Waals surface area contributed by atoms with Crippen molar-refractivity contribution in [2.75, 3.05) is 5.43 Å². The van der Waals surface area contributed by atoms with E-state index in [1.165, 1.54) is 6.21 Å². The van der Waals surface area contributed by atoms with Crippen molar-refractivity contribution in [3.8, 4) is 0 Å². The van der Waals surface area contributed by atoms with E-state index >= 15 is 0 Å². The number of pyridine rings is 2. The quantitative estimate of drug-likeness (QED) is 0.531. The van der Waals surface area contributed by atoms with Gasteiger partial charge in [-0.2, -0.15) is 10.2 Å². The first-order valence-corrected chi connectivity index (χ1v) is 7.84. The molecule has 3 aromatic rings. The third-order valence-electron chi connectivity index (χ3n) is 3.28. The van der Waals surface area contributed by atoms with Crippen molar-refractivity contribution in [1.82, 2.24) is 15.4 Å². The van der Waals surface area contributed by atoms with Gasteiger partial charge in [-0.1, -0.05) is 18.2 Å². The number of nitrogens with zero attached hydrogens (tertiary/aromatic N) is 4. The highest BCUT2D eigenvalue weighted by Crippen LogP contribution is 2.10. The summed E-state index contributed by atoms with van der Waals surface area (Å²) >= 11 is 0. The van der Waals surface area contributed by atoms with E-state index in [0.717, 1.165) is 11.1 Å². The maximum atomic E-state index is 12.2. The van der Waals surface area contributed by atoms with E-state index in [2.05, 4.69) is 31.0 Å². The summed E-state index contributed by atoms with van der Waals surface area (Å²) in [5.41, 5.74) is 8.20. The fourth-order valence-electron chi connectivity index (χ4n) is 2.05. The zero-order valence-electron chi connectivity index (χ0n) is 13.8. The first-order valence-electron chi connectivity index (χ1n) is 7.84. The molecule has 26 heavy (non-hydrogen) atoms. The van der Waals surface area contributed by atoms with Gasteiger partial charge in [-0.3, -0.25) is 20.2 Å². The molecule has 0 aliphatic carbocycles. The van der Waals surface area contributed by atoms with E-state index in [4.69, 9.17) is 0 Å². The molecule has 3 rings (SSSR count). The van der Waals surface area contributed by atoms with E-state index in [0.29, 0.717) is 11.3 Å². The lowest BCUT2D eigenvalue weighted by Crippen LogP contribution is -2.17. The van der Waals surface area contributed by atoms with Crippen LogP contribution in [0.15, 0.2) is 83.5 Å². The highest BCUT2D eigenvalue weighted by Gasteiger charge is 2.04. The van der Waals surface area contributed by atoms with Gasteiger partial charge in [0, 0.05) is 41.5 Å². The highest BCUT2D eigenvalue weighted by molar-refractivity contribution is 5.95. The number of hydrogen-bond acceptors (Lipinski definition) is 6. The SMILES string of the molecule is O=C(N/N=C/c1cccnc1)c1cccc(N/N=C/c2cccnc2)c1. The second kappa shape index (κ2) is 8.84. The predicted octanol–water partition coefficient (Wildman–Crippen LogP) is 2.69. The molecule has 1 amide bonds. The van der Waals surface area contributed by atoms with Crippen molar-refractivity contribution >= 4 is 24.0 Å². The molecule has 0 radical (unpaired) electrons. The van der Waals surface area contributed by atoms with Crippen LogP contribution in [-0.2, 0) is 0 Å². The number of hydrogen-bond donors (Lipinski definition) is 2. The Kier molecular flexibility index (Phi) is 5.77. The van der Waals surface area contributed by atoms with Gasteiger partial charge >= 0.3 is 0 Å². The lowest BCUT2D eigenvalue weighted by molar-refractivity contribution is 0.0955. The maximum absolute atomic E-state index is 12.2. The van der Waals surface area contributed by atoms with Gasteiger partial charge in [-0.25, -0.2) is 5.43 Å². The lowest BCUT2D eigenvalue weighted by Gasteiger charge is -2.03. The third-order valence-corrected chi connectivity index (χ3v) is 3.28. The first kappa shape index (κ1) is 17.0. The topological polar surface area (TPSA) is 91.6 Å². The first-order chi connectivity index (χ1) is 12.8. The van der Waals surface area contributed by atoms with Crippen LogP contribution in [0.5, 0.6) is 0 Å². The number of amides is 1. The molecule has 128 valence electrons. The van der Waals surface area contributed by atoms with Crippen LogP contribution in [0.3, 0.4) is 0 Å². The summed E-state index contributed by atoms with van der Waals surface area (Å²) in [6.45, 7) is 0. The molecule has 2 N–H and O–H groups in total. The van der Waals surface area contributed by atoms with Crippen molar-refractivity contribution in [2.45, 2.75) is 0 Å². The summed E-state index contributed by atoms with van der Waals surface area (Å²) in [4.78, 5) is 20.1. The molecule has 0 spiro atoms. The zero-order chi connectivity index (χ0) is 18.0. The molecule has 7 heteroatoms. The number of benzene rings is 1. The number of carbonyl (C=O) groups is 1. The zero-order valence-corrected chi connectivity index (χ0v) is 13.8. The monoisotopic (exact) mass is 344 g/mol. The molecule has 0 bridgehead atoms. The Morgan fingerprint density at radius 1 is 0.885 bits per heavy atom. The van der Waals surface area contributed by atoms with Gasteiger partial charge in [0.05, 0.1) is 18.1 Å². The highest BCUT2D eigenvalue weighted by atomic mass is 16.2. The van der Waals surface area contributed by atoms with E-state index in [1.54, 1.807) is 55.3 Å². The van der Waals surface area contributed by atoms with Crippen LogP contribution < -0.4 is 10.9 Å². The third kappa shape index (κ3) is 5.07. The maximum Gasteiger partial charge on any atom is 0.271 e. The van der Waals surface area contributed by atoms with Crippen LogP contribution in [0.2, 0.25) is 0 Å². The van der Waals surface area contributed by atoms with Gasteiger partial charge in [0.2, 0.25) is 0 Å².